The highest BCUT2D eigenvalue weighted by Crippen LogP contribution is 2.23. The summed E-state index contributed by atoms with van der Waals surface area (Å²) in [5.41, 5.74) is 1.22. The van der Waals surface area contributed by atoms with Crippen LogP contribution in [-0.2, 0) is 11.3 Å². The third-order valence-corrected chi connectivity index (χ3v) is 5.32. The smallest absolute Gasteiger partial charge is 0.253 e. The van der Waals surface area contributed by atoms with Crippen LogP contribution in [0.3, 0.4) is 0 Å². The molecule has 0 aliphatic heterocycles. The van der Waals surface area contributed by atoms with Crippen LogP contribution in [0.5, 0.6) is 5.75 Å². The summed E-state index contributed by atoms with van der Waals surface area (Å²) in [5.74, 6) is -0.485. The number of aromatic nitrogens is 1. The Morgan fingerprint density at radius 2 is 2.03 bits per heavy atom. The molecule has 0 spiro atoms. The highest BCUT2D eigenvalue weighted by atomic mass is 35.5. The van der Waals surface area contributed by atoms with Crippen LogP contribution >= 0.6 is 11.6 Å². The zero-order chi connectivity index (χ0) is 25.8. The van der Waals surface area contributed by atoms with Crippen molar-refractivity contribution in [2.75, 3.05) is 53.9 Å². The minimum absolute atomic E-state index is 0.0202. The zero-order valence-corrected chi connectivity index (χ0v) is 21.2. The zero-order valence-electron chi connectivity index (χ0n) is 20.5. The molecule has 0 fully saturated rings. The quantitative estimate of drug-likeness (QED) is 0.405. The van der Waals surface area contributed by atoms with Crippen molar-refractivity contribution in [3.63, 3.8) is 0 Å². The van der Waals surface area contributed by atoms with Crippen LogP contribution in [-0.4, -0.2) is 86.7 Å². The maximum absolute atomic E-state index is 13.3. The molecule has 2 amide bonds. The van der Waals surface area contributed by atoms with E-state index in [9.17, 15) is 14.0 Å². The second-order valence-electron chi connectivity index (χ2n) is 7.81. The summed E-state index contributed by atoms with van der Waals surface area (Å²) < 4.78 is 18.8. The lowest BCUT2D eigenvalue weighted by Crippen LogP contribution is -2.41. The molecule has 1 heterocycles. The maximum Gasteiger partial charge on any atom is 0.253 e. The fourth-order valence-corrected chi connectivity index (χ4v) is 3.27. The van der Waals surface area contributed by atoms with Gasteiger partial charge in [0.15, 0.2) is 0 Å². The molecule has 1 aromatic carbocycles. The Bertz CT molecular complexity index is 1030. The summed E-state index contributed by atoms with van der Waals surface area (Å²) >= 11 is 5.77. The van der Waals surface area contributed by atoms with Crippen LogP contribution < -0.4 is 15.4 Å². The number of carbonyl (C=O) groups is 2. The van der Waals surface area contributed by atoms with E-state index in [-0.39, 0.29) is 36.5 Å². The van der Waals surface area contributed by atoms with Gasteiger partial charge in [-0.1, -0.05) is 11.6 Å². The fourth-order valence-electron chi connectivity index (χ4n) is 3.10. The first kappa shape index (κ1) is 28.2. The molecule has 0 saturated carbocycles. The number of nitrogens with one attached hydrogen (secondary N) is 2. The van der Waals surface area contributed by atoms with Gasteiger partial charge in [0.05, 0.1) is 28.5 Å². The summed E-state index contributed by atoms with van der Waals surface area (Å²) in [6, 6.07) is 5.61. The van der Waals surface area contributed by atoms with Crippen molar-refractivity contribution >= 4 is 35.3 Å². The molecule has 2 aromatic rings. The number of halogens is 2. The number of pyridine rings is 1. The molecule has 35 heavy (non-hydrogen) atoms. The fraction of sp³-hybridized carbons (Fsp3) is 0.417. The molecule has 0 aliphatic carbocycles. The Kier molecular flexibility index (Phi) is 11.5. The minimum atomic E-state index is -0.534. The monoisotopic (exact) mass is 506 g/mol. The van der Waals surface area contributed by atoms with E-state index < -0.39 is 5.82 Å². The second kappa shape index (κ2) is 14.3. The number of aliphatic imine (C=N–C) groups is 1. The lowest BCUT2D eigenvalue weighted by molar-refractivity contribution is -0.130. The van der Waals surface area contributed by atoms with Crippen molar-refractivity contribution in [1.82, 2.24) is 25.4 Å². The van der Waals surface area contributed by atoms with Crippen molar-refractivity contribution in [3.8, 4) is 5.75 Å². The predicted molar refractivity (Wildman–Crippen MR) is 135 cm³/mol. The van der Waals surface area contributed by atoms with Crippen LogP contribution in [0.4, 0.5) is 10.1 Å². The number of carbonyl (C=O) groups excluding carboxylic acids is 2. The first-order valence-electron chi connectivity index (χ1n) is 11.2. The van der Waals surface area contributed by atoms with Crippen LogP contribution in [0.25, 0.3) is 0 Å². The molecule has 0 unspecified atom stereocenters. The van der Waals surface area contributed by atoms with Gasteiger partial charge in [0.2, 0.25) is 5.91 Å². The van der Waals surface area contributed by atoms with Gasteiger partial charge in [0, 0.05) is 51.7 Å². The SMILES string of the molecule is CCN(CCN(C)C)C(=O)CNCc1nccc(C(=O)NC)c1N=CCOc1ccc(F)c(Cl)c1. The number of hydrogen-bond donors (Lipinski definition) is 2. The van der Waals surface area contributed by atoms with Crippen molar-refractivity contribution in [3.05, 3.63) is 52.6 Å². The van der Waals surface area contributed by atoms with E-state index in [1.54, 1.807) is 11.0 Å². The van der Waals surface area contributed by atoms with Crippen LogP contribution in [0.2, 0.25) is 5.02 Å². The number of amides is 2. The molecule has 0 bridgehead atoms. The first-order chi connectivity index (χ1) is 16.8. The molecule has 1 aromatic heterocycles. The molecule has 2 rings (SSSR count). The molecular weight excluding hydrogens is 475 g/mol. The van der Waals surface area contributed by atoms with E-state index in [0.29, 0.717) is 35.8 Å². The van der Waals surface area contributed by atoms with E-state index in [2.05, 4.69) is 20.6 Å². The van der Waals surface area contributed by atoms with E-state index in [0.717, 1.165) is 6.54 Å². The van der Waals surface area contributed by atoms with Gasteiger partial charge < -0.3 is 25.2 Å². The highest BCUT2D eigenvalue weighted by molar-refractivity contribution is 6.30. The summed E-state index contributed by atoms with van der Waals surface area (Å²) in [4.78, 5) is 37.5. The summed E-state index contributed by atoms with van der Waals surface area (Å²) in [6.07, 6.45) is 3.00. The largest absolute Gasteiger partial charge is 0.488 e. The Hall–Kier alpha value is -3.08. The number of ether oxygens (including phenoxy) is 1. The summed E-state index contributed by atoms with van der Waals surface area (Å²) in [5, 5.41) is 5.65. The molecule has 11 heteroatoms. The predicted octanol–water partition coefficient (Wildman–Crippen LogP) is 2.51. The Morgan fingerprint density at radius 3 is 2.69 bits per heavy atom. The number of hydrogen-bond acceptors (Lipinski definition) is 7. The summed E-state index contributed by atoms with van der Waals surface area (Å²) in [6.45, 7) is 4.41. The van der Waals surface area contributed by atoms with E-state index in [1.807, 2.05) is 25.9 Å². The number of nitrogens with zero attached hydrogens (tertiary/aromatic N) is 4. The first-order valence-corrected chi connectivity index (χ1v) is 11.6. The van der Waals surface area contributed by atoms with Crippen LogP contribution in [0.15, 0.2) is 35.5 Å². The molecule has 190 valence electrons. The van der Waals surface area contributed by atoms with Crippen LogP contribution in [0.1, 0.15) is 23.0 Å². The summed E-state index contributed by atoms with van der Waals surface area (Å²) in [7, 11) is 5.45. The lowest BCUT2D eigenvalue weighted by Gasteiger charge is -2.23. The number of likely N-dealkylation sites (N-methyl/N-ethyl adjacent to an activating group) is 2. The van der Waals surface area contributed by atoms with E-state index in [1.165, 1.54) is 37.7 Å². The van der Waals surface area contributed by atoms with Gasteiger partial charge >= 0.3 is 0 Å². The Morgan fingerprint density at radius 1 is 1.26 bits per heavy atom. The average Bonchev–Trinajstić information content (AvgIpc) is 2.84. The van der Waals surface area contributed by atoms with Gasteiger partial charge in [-0.2, -0.15) is 0 Å². The maximum atomic E-state index is 13.3. The van der Waals surface area contributed by atoms with E-state index in [4.69, 9.17) is 16.3 Å². The van der Waals surface area contributed by atoms with Crippen LogP contribution in [0, 0.1) is 5.82 Å². The lowest BCUT2D eigenvalue weighted by atomic mass is 10.1. The van der Waals surface area contributed by atoms with Gasteiger partial charge in [-0.15, -0.1) is 0 Å². The van der Waals surface area contributed by atoms with Gasteiger partial charge in [-0.3, -0.25) is 19.6 Å². The van der Waals surface area contributed by atoms with Crippen molar-refractivity contribution in [1.29, 1.82) is 0 Å². The number of rotatable bonds is 13. The molecule has 0 aliphatic rings. The van der Waals surface area contributed by atoms with Crippen molar-refractivity contribution in [2.45, 2.75) is 13.5 Å². The van der Waals surface area contributed by atoms with Gasteiger partial charge in [0.1, 0.15) is 18.2 Å². The van der Waals surface area contributed by atoms with Gasteiger partial charge in [-0.05, 0) is 39.2 Å². The molecule has 0 atom stereocenters. The Balaban J connectivity index is 2.07. The Labute approximate surface area is 210 Å². The molecule has 0 radical (unpaired) electrons. The van der Waals surface area contributed by atoms with Gasteiger partial charge in [-0.25, -0.2) is 4.39 Å². The van der Waals surface area contributed by atoms with E-state index >= 15 is 0 Å². The molecular formula is C24H32ClFN6O3. The molecule has 9 nitrogen and oxygen atoms in total. The van der Waals surface area contributed by atoms with Crippen molar-refractivity contribution in [2.24, 2.45) is 4.99 Å². The second-order valence-corrected chi connectivity index (χ2v) is 8.22. The number of benzene rings is 1. The highest BCUT2D eigenvalue weighted by Gasteiger charge is 2.16. The molecule has 2 N–H and O–H groups in total. The average molecular weight is 507 g/mol. The third kappa shape index (κ3) is 8.89. The third-order valence-electron chi connectivity index (χ3n) is 5.03. The van der Waals surface area contributed by atoms with Crippen molar-refractivity contribution < 1.29 is 18.7 Å². The minimum Gasteiger partial charge on any atom is -0.488 e. The standard InChI is InChI=1S/C24H32ClFN6O3/c1-5-32(12-11-31(3)4)22(33)16-28-15-21-23(18(8-9-29-21)24(34)27-2)30-10-13-35-17-6-7-20(26)19(25)14-17/h6-10,14,28H,5,11-13,15-16H2,1-4H3,(H,27,34). The van der Waals surface area contributed by atoms with Gasteiger partial charge in [0.25, 0.3) is 5.91 Å². The molecule has 0 saturated heterocycles. The topological polar surface area (TPSA) is 99.2 Å². The normalized spacial score (nSPS) is 11.2.